The van der Waals surface area contributed by atoms with Gasteiger partial charge in [0, 0.05) is 25.7 Å². The van der Waals surface area contributed by atoms with Crippen LogP contribution in [0.2, 0.25) is 0 Å². The Hall–Kier alpha value is -1.94. The summed E-state index contributed by atoms with van der Waals surface area (Å²) in [6.07, 6.45) is 47.5. The predicted octanol–water partition coefficient (Wildman–Crippen LogP) is 21.3. The third-order valence-corrected chi connectivity index (χ3v) is 19.7. The fourth-order valence-electron chi connectivity index (χ4n) is 11.1. The molecule has 0 fully saturated rings. The standard InChI is InChI=1S/C74H144O17P2/c1-9-66(7)52-44-36-28-23-24-30-40-48-56-73(78)90-70(61-85-72(77)55-47-39-33-32-37-45-53-67(8)10-2)63-89-93(82,83)87-59-68(75)58-86-92(80,81)88-62-69(91-74(79)57-49-41-31-25-27-35-43-51-65(5)6)60-84-71(76)54-46-38-29-22-20-18-16-14-12-11-13-15-17-19-21-26-34-42-50-64(3)4/h64-70,75H,9-63H2,1-8H3,(H,80,81)(H,82,83)/t66?,67?,68-,69-,70-/m1/s1. The van der Waals surface area contributed by atoms with Crippen LogP contribution in [0, 0.1) is 23.7 Å². The number of phosphoric acid groups is 2. The summed E-state index contributed by atoms with van der Waals surface area (Å²) >= 11 is 0. The molecule has 0 bridgehead atoms. The van der Waals surface area contributed by atoms with Crippen molar-refractivity contribution in [3.05, 3.63) is 0 Å². The van der Waals surface area contributed by atoms with Crippen molar-refractivity contribution >= 4 is 39.5 Å². The highest BCUT2D eigenvalue weighted by molar-refractivity contribution is 7.47. The van der Waals surface area contributed by atoms with Crippen LogP contribution in [0.4, 0.5) is 0 Å². The minimum Gasteiger partial charge on any atom is -0.462 e. The fraction of sp³-hybridized carbons (Fsp3) is 0.946. The van der Waals surface area contributed by atoms with Crippen LogP contribution in [-0.2, 0) is 65.4 Å². The number of unbranched alkanes of at least 4 members (excludes halogenated alkanes) is 35. The number of rotatable bonds is 71. The summed E-state index contributed by atoms with van der Waals surface area (Å²) in [5.74, 6) is 0.889. The molecule has 17 nitrogen and oxygen atoms in total. The van der Waals surface area contributed by atoms with Crippen LogP contribution in [0.15, 0.2) is 0 Å². The molecule has 0 aromatic heterocycles. The zero-order valence-corrected chi connectivity index (χ0v) is 62.7. The van der Waals surface area contributed by atoms with Crippen LogP contribution >= 0.6 is 15.6 Å². The van der Waals surface area contributed by atoms with Crippen molar-refractivity contribution in [1.29, 1.82) is 0 Å². The van der Waals surface area contributed by atoms with Crippen molar-refractivity contribution < 1.29 is 80.2 Å². The van der Waals surface area contributed by atoms with Gasteiger partial charge in [-0.1, -0.05) is 319 Å². The van der Waals surface area contributed by atoms with E-state index in [2.05, 4.69) is 55.4 Å². The first-order valence-corrected chi connectivity index (χ1v) is 41.3. The Kier molecular flexibility index (Phi) is 62.2. The zero-order chi connectivity index (χ0) is 68.9. The van der Waals surface area contributed by atoms with Crippen LogP contribution in [0.5, 0.6) is 0 Å². The first-order valence-electron chi connectivity index (χ1n) is 38.3. The summed E-state index contributed by atoms with van der Waals surface area (Å²) < 4.78 is 68.3. The number of hydrogen-bond acceptors (Lipinski definition) is 15. The second-order valence-electron chi connectivity index (χ2n) is 28.1. The molecular formula is C74H144O17P2. The molecule has 552 valence electrons. The molecule has 93 heavy (non-hydrogen) atoms. The average Bonchev–Trinajstić information content (AvgIpc) is 2.59. The lowest BCUT2D eigenvalue weighted by molar-refractivity contribution is -0.161. The highest BCUT2D eigenvalue weighted by Gasteiger charge is 2.30. The van der Waals surface area contributed by atoms with E-state index in [4.69, 9.17) is 37.0 Å². The largest absolute Gasteiger partial charge is 0.472 e. The van der Waals surface area contributed by atoms with Gasteiger partial charge in [0.2, 0.25) is 0 Å². The number of ether oxygens (including phenoxy) is 4. The Morgan fingerprint density at radius 3 is 0.763 bits per heavy atom. The molecule has 0 saturated heterocycles. The molecule has 0 saturated carbocycles. The fourth-order valence-corrected chi connectivity index (χ4v) is 12.7. The molecule has 0 aliphatic rings. The highest BCUT2D eigenvalue weighted by Crippen LogP contribution is 2.45. The molecule has 0 spiro atoms. The van der Waals surface area contributed by atoms with Gasteiger partial charge in [-0.15, -0.1) is 0 Å². The molecule has 0 radical (unpaired) electrons. The number of hydrogen-bond donors (Lipinski definition) is 3. The number of aliphatic hydroxyl groups excluding tert-OH is 1. The first kappa shape index (κ1) is 91.1. The summed E-state index contributed by atoms with van der Waals surface area (Å²) in [4.78, 5) is 72.6. The summed E-state index contributed by atoms with van der Waals surface area (Å²) in [5.41, 5.74) is 0. The molecule has 0 aliphatic heterocycles. The Bertz CT molecular complexity index is 1840. The number of esters is 4. The topological polar surface area (TPSA) is 237 Å². The van der Waals surface area contributed by atoms with Crippen LogP contribution in [0.1, 0.15) is 370 Å². The molecule has 0 heterocycles. The van der Waals surface area contributed by atoms with Crippen LogP contribution in [-0.4, -0.2) is 96.7 Å². The molecular weight excluding hydrogens is 1220 g/mol. The van der Waals surface area contributed by atoms with Gasteiger partial charge in [0.1, 0.15) is 19.3 Å². The summed E-state index contributed by atoms with van der Waals surface area (Å²) in [6, 6.07) is 0. The molecule has 19 heteroatoms. The quantitative estimate of drug-likeness (QED) is 0.0222. The number of aliphatic hydroxyl groups is 1. The van der Waals surface area contributed by atoms with Crippen molar-refractivity contribution in [2.24, 2.45) is 23.7 Å². The van der Waals surface area contributed by atoms with Gasteiger partial charge < -0.3 is 33.8 Å². The summed E-state index contributed by atoms with van der Waals surface area (Å²) in [5, 5.41) is 10.6. The third kappa shape index (κ3) is 65.8. The highest BCUT2D eigenvalue weighted by atomic mass is 31.2. The van der Waals surface area contributed by atoms with E-state index in [0.29, 0.717) is 31.6 Å². The molecule has 7 atom stereocenters. The first-order chi connectivity index (χ1) is 44.7. The lowest BCUT2D eigenvalue weighted by Crippen LogP contribution is -2.30. The predicted molar refractivity (Wildman–Crippen MR) is 377 cm³/mol. The number of phosphoric ester groups is 2. The van der Waals surface area contributed by atoms with Gasteiger partial charge in [0.15, 0.2) is 12.2 Å². The van der Waals surface area contributed by atoms with E-state index >= 15 is 0 Å². The monoisotopic (exact) mass is 1370 g/mol. The Balaban J connectivity index is 5.15. The lowest BCUT2D eigenvalue weighted by atomic mass is 9.99. The van der Waals surface area contributed by atoms with Crippen LogP contribution in [0.25, 0.3) is 0 Å². The maximum Gasteiger partial charge on any atom is 0.472 e. The van der Waals surface area contributed by atoms with Gasteiger partial charge in [0.25, 0.3) is 0 Å². The van der Waals surface area contributed by atoms with E-state index < -0.39 is 97.5 Å². The van der Waals surface area contributed by atoms with Crippen molar-refractivity contribution in [3.63, 3.8) is 0 Å². The smallest absolute Gasteiger partial charge is 0.462 e. The van der Waals surface area contributed by atoms with Gasteiger partial charge in [0.05, 0.1) is 26.4 Å². The average molecular weight is 1370 g/mol. The Morgan fingerprint density at radius 2 is 0.516 bits per heavy atom. The second kappa shape index (κ2) is 63.5. The summed E-state index contributed by atoms with van der Waals surface area (Å²) in [6.45, 7) is 14.1. The molecule has 0 aliphatic carbocycles. The zero-order valence-electron chi connectivity index (χ0n) is 60.9. The number of carbonyl (C=O) groups is 4. The Morgan fingerprint density at radius 1 is 0.301 bits per heavy atom. The van der Waals surface area contributed by atoms with Gasteiger partial charge in [-0.05, 0) is 49.4 Å². The van der Waals surface area contributed by atoms with Crippen LogP contribution < -0.4 is 0 Å². The second-order valence-corrected chi connectivity index (χ2v) is 31.0. The van der Waals surface area contributed by atoms with E-state index in [1.807, 2.05) is 0 Å². The third-order valence-electron chi connectivity index (χ3n) is 17.8. The van der Waals surface area contributed by atoms with Crippen molar-refractivity contribution in [2.45, 2.75) is 388 Å². The van der Waals surface area contributed by atoms with E-state index in [9.17, 15) is 43.2 Å². The summed E-state index contributed by atoms with van der Waals surface area (Å²) in [7, 11) is -9.91. The van der Waals surface area contributed by atoms with E-state index in [1.54, 1.807) is 0 Å². The van der Waals surface area contributed by atoms with Gasteiger partial charge in [-0.3, -0.25) is 37.3 Å². The van der Waals surface area contributed by atoms with E-state index in [0.717, 1.165) is 114 Å². The van der Waals surface area contributed by atoms with Gasteiger partial charge in [-0.25, -0.2) is 9.13 Å². The molecule has 3 N–H and O–H groups in total. The molecule has 4 unspecified atom stereocenters. The van der Waals surface area contributed by atoms with E-state index in [-0.39, 0.29) is 25.7 Å². The van der Waals surface area contributed by atoms with Gasteiger partial charge >= 0.3 is 39.5 Å². The van der Waals surface area contributed by atoms with Crippen molar-refractivity contribution in [1.82, 2.24) is 0 Å². The molecule has 0 aromatic carbocycles. The normalized spacial score (nSPS) is 14.8. The van der Waals surface area contributed by atoms with Crippen molar-refractivity contribution in [3.8, 4) is 0 Å². The van der Waals surface area contributed by atoms with Crippen LogP contribution in [0.3, 0.4) is 0 Å². The minimum absolute atomic E-state index is 0.103. The SMILES string of the molecule is CCC(C)CCCCCCCCCCC(=O)O[C@H](COC(=O)CCCCCCCCC(C)CC)COP(=O)(O)OC[C@H](O)COP(=O)(O)OC[C@@H](COC(=O)CCCCCCCCCCCCCCCCCCCCC(C)C)OC(=O)CCCCCCCCCC(C)C. The lowest BCUT2D eigenvalue weighted by Gasteiger charge is -2.21. The number of carbonyl (C=O) groups excluding carboxylic acids is 4. The maximum atomic E-state index is 13.0. The molecule has 0 amide bonds. The maximum absolute atomic E-state index is 13.0. The Labute approximate surface area is 568 Å². The van der Waals surface area contributed by atoms with Crippen molar-refractivity contribution in [2.75, 3.05) is 39.6 Å². The minimum atomic E-state index is -4.95. The molecule has 0 aromatic rings. The van der Waals surface area contributed by atoms with Gasteiger partial charge in [-0.2, -0.15) is 0 Å². The molecule has 0 rings (SSSR count). The van der Waals surface area contributed by atoms with E-state index in [1.165, 1.54) is 167 Å².